The van der Waals surface area contributed by atoms with Crippen molar-refractivity contribution in [1.82, 2.24) is 4.90 Å². The van der Waals surface area contributed by atoms with Crippen molar-refractivity contribution < 1.29 is 14.4 Å². The lowest BCUT2D eigenvalue weighted by molar-refractivity contribution is -0.125. The number of carbonyl (C=O) groups is 3. The molecule has 1 aromatic rings. The molecule has 1 aliphatic carbocycles. The average Bonchev–Trinajstić information content (AvgIpc) is 2.96. The minimum Gasteiger partial charge on any atom is -0.326 e. The van der Waals surface area contributed by atoms with Gasteiger partial charge in [-0.25, -0.2) is 0 Å². The van der Waals surface area contributed by atoms with Gasteiger partial charge < -0.3 is 5.32 Å². The van der Waals surface area contributed by atoms with Gasteiger partial charge in [0.2, 0.25) is 5.91 Å². The number of nitrogens with zero attached hydrogens (tertiary/aromatic N) is 1. The molecule has 1 heterocycles. The van der Waals surface area contributed by atoms with Crippen molar-refractivity contribution in [2.45, 2.75) is 58.4 Å². The van der Waals surface area contributed by atoms with Crippen molar-refractivity contribution in [2.75, 3.05) is 5.32 Å². The second-order valence-corrected chi connectivity index (χ2v) is 8.21. The monoisotopic (exact) mass is 386 g/mol. The van der Waals surface area contributed by atoms with E-state index >= 15 is 0 Å². The average molecular weight is 387 g/mol. The predicted octanol–water partition coefficient (Wildman–Crippen LogP) is 5.04. The van der Waals surface area contributed by atoms with Crippen molar-refractivity contribution >= 4 is 40.6 Å². The lowest BCUT2D eigenvalue weighted by Crippen LogP contribution is -2.42. The van der Waals surface area contributed by atoms with Gasteiger partial charge in [-0.1, -0.05) is 38.3 Å². The van der Waals surface area contributed by atoms with Crippen LogP contribution < -0.4 is 5.32 Å². The first-order chi connectivity index (χ1) is 13.0. The Morgan fingerprint density at radius 1 is 1.22 bits per heavy atom. The standard InChI is InChI=1S/C21H26N2O3S/c1-3-19(24)22-17-11-9-15(10-12-17)13-18-20(25)23(21(26)27-18)14(2)16-7-5-4-6-8-16/h9-14,16H,3-8H2,1-2H3,(H,22,24). The molecule has 0 aromatic heterocycles. The van der Waals surface area contributed by atoms with E-state index in [1.165, 1.54) is 24.2 Å². The molecule has 1 N–H and O–H groups in total. The Morgan fingerprint density at radius 2 is 1.89 bits per heavy atom. The van der Waals surface area contributed by atoms with Crippen LogP contribution in [0, 0.1) is 5.92 Å². The third-order valence-corrected chi connectivity index (χ3v) is 6.26. The lowest BCUT2D eigenvalue weighted by atomic mass is 9.84. The van der Waals surface area contributed by atoms with Crippen molar-refractivity contribution in [3.8, 4) is 0 Å². The van der Waals surface area contributed by atoms with Gasteiger partial charge in [0.15, 0.2) is 0 Å². The van der Waals surface area contributed by atoms with Gasteiger partial charge in [0.25, 0.3) is 11.1 Å². The zero-order valence-electron chi connectivity index (χ0n) is 15.9. The van der Waals surface area contributed by atoms with E-state index < -0.39 is 0 Å². The van der Waals surface area contributed by atoms with Crippen molar-refractivity contribution in [3.63, 3.8) is 0 Å². The Balaban J connectivity index is 1.71. The largest absolute Gasteiger partial charge is 0.326 e. The Labute approximate surface area is 164 Å². The summed E-state index contributed by atoms with van der Waals surface area (Å²) >= 11 is 1.02. The summed E-state index contributed by atoms with van der Waals surface area (Å²) in [6.45, 7) is 3.80. The maximum Gasteiger partial charge on any atom is 0.293 e. The van der Waals surface area contributed by atoms with Gasteiger partial charge >= 0.3 is 0 Å². The van der Waals surface area contributed by atoms with Crippen molar-refractivity contribution in [2.24, 2.45) is 5.92 Å². The highest BCUT2D eigenvalue weighted by atomic mass is 32.2. The van der Waals surface area contributed by atoms with E-state index in [0.717, 1.165) is 35.9 Å². The molecule has 2 aliphatic rings. The van der Waals surface area contributed by atoms with Crippen LogP contribution >= 0.6 is 11.8 Å². The van der Waals surface area contributed by atoms with Crippen LogP contribution in [0.4, 0.5) is 10.5 Å². The molecule has 6 heteroatoms. The van der Waals surface area contributed by atoms with Crippen LogP contribution in [0.5, 0.6) is 0 Å². The van der Waals surface area contributed by atoms with Gasteiger partial charge in [0.1, 0.15) is 0 Å². The molecule has 1 saturated heterocycles. The van der Waals surface area contributed by atoms with Gasteiger partial charge in [-0.15, -0.1) is 0 Å². The predicted molar refractivity (Wildman–Crippen MR) is 109 cm³/mol. The number of rotatable bonds is 5. The smallest absolute Gasteiger partial charge is 0.293 e. The molecule has 1 aromatic carbocycles. The molecule has 1 atom stereocenters. The molecule has 1 saturated carbocycles. The lowest BCUT2D eigenvalue weighted by Gasteiger charge is -2.32. The van der Waals surface area contributed by atoms with Gasteiger partial charge in [0, 0.05) is 18.2 Å². The maximum absolute atomic E-state index is 12.8. The molecule has 0 bridgehead atoms. The fourth-order valence-electron chi connectivity index (χ4n) is 3.72. The summed E-state index contributed by atoms with van der Waals surface area (Å²) < 4.78 is 0. The molecule has 2 fully saturated rings. The molecule has 3 rings (SSSR count). The van der Waals surface area contributed by atoms with E-state index in [2.05, 4.69) is 5.32 Å². The van der Waals surface area contributed by atoms with Crippen LogP contribution in [0.3, 0.4) is 0 Å². The minimum absolute atomic E-state index is 0.0411. The summed E-state index contributed by atoms with van der Waals surface area (Å²) in [5, 5.41) is 2.62. The van der Waals surface area contributed by atoms with Crippen LogP contribution in [-0.2, 0) is 9.59 Å². The quantitative estimate of drug-likeness (QED) is 0.720. The normalized spacial score (nSPS) is 21.0. The zero-order valence-corrected chi connectivity index (χ0v) is 16.7. The fraction of sp³-hybridized carbons (Fsp3) is 0.476. The molecule has 0 radical (unpaired) electrons. The Hall–Kier alpha value is -2.08. The Kier molecular flexibility index (Phi) is 6.37. The van der Waals surface area contributed by atoms with Gasteiger partial charge in [-0.3, -0.25) is 19.3 Å². The second-order valence-electron chi connectivity index (χ2n) is 7.21. The highest BCUT2D eigenvalue weighted by Crippen LogP contribution is 2.38. The van der Waals surface area contributed by atoms with Gasteiger partial charge in [-0.2, -0.15) is 0 Å². The molecular weight excluding hydrogens is 360 g/mol. The third kappa shape index (κ3) is 4.61. The second kappa shape index (κ2) is 8.74. The summed E-state index contributed by atoms with van der Waals surface area (Å²) in [6.07, 6.45) is 7.97. The maximum atomic E-state index is 12.8. The molecule has 0 spiro atoms. The summed E-state index contributed by atoms with van der Waals surface area (Å²) in [6, 6.07) is 7.23. The van der Waals surface area contributed by atoms with Crippen molar-refractivity contribution in [1.29, 1.82) is 0 Å². The van der Waals surface area contributed by atoms with E-state index in [1.54, 1.807) is 25.1 Å². The van der Waals surface area contributed by atoms with Crippen LogP contribution in [0.1, 0.15) is 57.9 Å². The molecule has 144 valence electrons. The molecule has 1 aliphatic heterocycles. The molecule has 3 amide bonds. The number of benzene rings is 1. The Morgan fingerprint density at radius 3 is 2.52 bits per heavy atom. The van der Waals surface area contributed by atoms with E-state index in [0.29, 0.717) is 17.2 Å². The molecular formula is C21H26N2O3S. The van der Waals surface area contributed by atoms with E-state index in [4.69, 9.17) is 0 Å². The molecule has 27 heavy (non-hydrogen) atoms. The topological polar surface area (TPSA) is 66.5 Å². The third-order valence-electron chi connectivity index (χ3n) is 5.38. The number of hydrogen-bond acceptors (Lipinski definition) is 4. The molecule has 5 nitrogen and oxygen atoms in total. The number of nitrogens with one attached hydrogen (secondary N) is 1. The number of imide groups is 1. The SMILES string of the molecule is CCC(=O)Nc1ccc(C=C2SC(=O)N(C(C)C3CCCCC3)C2=O)cc1. The summed E-state index contributed by atoms with van der Waals surface area (Å²) in [5.41, 5.74) is 1.55. The number of anilines is 1. The summed E-state index contributed by atoms with van der Waals surface area (Å²) in [4.78, 5) is 38.6. The minimum atomic E-state index is -0.188. The highest BCUT2D eigenvalue weighted by Gasteiger charge is 2.40. The number of amides is 3. The van der Waals surface area contributed by atoms with Crippen LogP contribution in [-0.4, -0.2) is 28.0 Å². The van der Waals surface area contributed by atoms with Crippen LogP contribution in [0.15, 0.2) is 29.2 Å². The first-order valence-corrected chi connectivity index (χ1v) is 10.5. The van der Waals surface area contributed by atoms with E-state index in [9.17, 15) is 14.4 Å². The van der Waals surface area contributed by atoms with Crippen LogP contribution in [0.2, 0.25) is 0 Å². The van der Waals surface area contributed by atoms with E-state index in [1.807, 2.05) is 19.1 Å². The number of thioether (sulfide) groups is 1. The molecule has 1 unspecified atom stereocenters. The van der Waals surface area contributed by atoms with E-state index in [-0.39, 0.29) is 23.1 Å². The first-order valence-electron chi connectivity index (χ1n) is 9.66. The summed E-state index contributed by atoms with van der Waals surface area (Å²) in [5.74, 6) is 0.181. The van der Waals surface area contributed by atoms with Gasteiger partial charge in [-0.05, 0) is 61.2 Å². The zero-order chi connectivity index (χ0) is 19.4. The fourth-order valence-corrected chi connectivity index (χ4v) is 4.64. The highest BCUT2D eigenvalue weighted by molar-refractivity contribution is 8.18. The van der Waals surface area contributed by atoms with Crippen molar-refractivity contribution in [3.05, 3.63) is 34.7 Å². The summed E-state index contributed by atoms with van der Waals surface area (Å²) in [7, 11) is 0. The number of carbonyl (C=O) groups excluding carboxylic acids is 3. The van der Waals surface area contributed by atoms with Gasteiger partial charge in [0.05, 0.1) is 4.91 Å². The first kappa shape index (κ1) is 19.7. The van der Waals surface area contributed by atoms with Crippen LogP contribution in [0.25, 0.3) is 6.08 Å². The number of hydrogen-bond donors (Lipinski definition) is 1. The Bertz CT molecular complexity index is 751.